The number of amides is 1. The topological polar surface area (TPSA) is 79.0 Å². The Morgan fingerprint density at radius 3 is 2.68 bits per heavy atom. The number of carbonyl (C=O) groups is 1. The minimum absolute atomic E-state index is 0.194. The molecule has 1 fully saturated rings. The van der Waals surface area contributed by atoms with Crippen LogP contribution in [0.1, 0.15) is 12.0 Å². The first-order valence-corrected chi connectivity index (χ1v) is 8.44. The minimum atomic E-state index is -3.43. The van der Waals surface area contributed by atoms with E-state index in [0.29, 0.717) is 13.0 Å². The lowest BCUT2D eigenvalue weighted by molar-refractivity contribution is 0.136. The van der Waals surface area contributed by atoms with Gasteiger partial charge in [0.2, 0.25) is 0 Å². The molecule has 122 valence electrons. The maximum absolute atomic E-state index is 12.0. The highest BCUT2D eigenvalue weighted by Crippen LogP contribution is 2.15. The van der Waals surface area contributed by atoms with Crippen molar-refractivity contribution in [3.05, 3.63) is 35.9 Å². The summed E-state index contributed by atoms with van der Waals surface area (Å²) in [6.07, 6.45) is 0.0472. The van der Waals surface area contributed by atoms with Crippen molar-refractivity contribution in [2.45, 2.75) is 19.1 Å². The maximum Gasteiger partial charge on any atom is 0.407 e. The average Bonchev–Trinajstić information content (AvgIpc) is 2.95. The Bertz CT molecular complexity index is 604. The lowest BCUT2D eigenvalue weighted by atomic mass is 10.2. The number of nitrogens with zero attached hydrogens (tertiary/aromatic N) is 2. The highest BCUT2D eigenvalue weighted by Gasteiger charge is 2.33. The van der Waals surface area contributed by atoms with Crippen LogP contribution in [0.5, 0.6) is 0 Å². The van der Waals surface area contributed by atoms with Gasteiger partial charge in [0.15, 0.2) is 0 Å². The number of carbonyl (C=O) groups excluding carboxylic acids is 1. The first-order chi connectivity index (χ1) is 10.4. The van der Waals surface area contributed by atoms with Crippen molar-refractivity contribution >= 4 is 16.3 Å². The van der Waals surface area contributed by atoms with Crippen LogP contribution in [0.15, 0.2) is 30.3 Å². The third-order valence-electron chi connectivity index (χ3n) is 3.47. The van der Waals surface area contributed by atoms with Gasteiger partial charge in [-0.2, -0.15) is 17.0 Å². The Hall–Kier alpha value is -1.64. The van der Waals surface area contributed by atoms with Gasteiger partial charge in [0, 0.05) is 33.2 Å². The zero-order chi connectivity index (χ0) is 16.2. The van der Waals surface area contributed by atoms with E-state index >= 15 is 0 Å². The van der Waals surface area contributed by atoms with Crippen molar-refractivity contribution in [3.63, 3.8) is 0 Å². The summed E-state index contributed by atoms with van der Waals surface area (Å²) < 4.78 is 31.6. The van der Waals surface area contributed by atoms with Crippen LogP contribution in [0.2, 0.25) is 0 Å². The van der Waals surface area contributed by atoms with Gasteiger partial charge in [-0.15, -0.1) is 0 Å². The second kappa shape index (κ2) is 7.08. The number of rotatable bonds is 5. The maximum atomic E-state index is 12.0. The number of hydrogen-bond acceptors (Lipinski definition) is 4. The minimum Gasteiger partial charge on any atom is -0.445 e. The van der Waals surface area contributed by atoms with Crippen LogP contribution in [0, 0.1) is 0 Å². The Morgan fingerprint density at radius 2 is 2.05 bits per heavy atom. The third kappa shape index (κ3) is 4.19. The van der Waals surface area contributed by atoms with Gasteiger partial charge in [-0.1, -0.05) is 30.3 Å². The van der Waals surface area contributed by atoms with Crippen LogP contribution >= 0.6 is 0 Å². The molecule has 0 radical (unpaired) electrons. The molecule has 7 nitrogen and oxygen atoms in total. The van der Waals surface area contributed by atoms with Crippen LogP contribution in [0.4, 0.5) is 4.79 Å². The molecular formula is C14H21N3O4S. The van der Waals surface area contributed by atoms with E-state index in [-0.39, 0.29) is 19.2 Å². The summed E-state index contributed by atoms with van der Waals surface area (Å²) in [5.41, 5.74) is 0.904. The van der Waals surface area contributed by atoms with E-state index in [1.165, 1.54) is 22.7 Å². The monoisotopic (exact) mass is 327 g/mol. The van der Waals surface area contributed by atoms with Gasteiger partial charge in [0.05, 0.1) is 0 Å². The molecule has 1 atom stereocenters. The Kier molecular flexibility index (Phi) is 5.38. The molecule has 0 spiro atoms. The van der Waals surface area contributed by atoms with E-state index in [1.807, 2.05) is 30.3 Å². The van der Waals surface area contributed by atoms with Gasteiger partial charge in [-0.05, 0) is 12.0 Å². The van der Waals surface area contributed by atoms with Gasteiger partial charge in [0.1, 0.15) is 6.61 Å². The second-order valence-electron chi connectivity index (χ2n) is 5.34. The van der Waals surface area contributed by atoms with Gasteiger partial charge in [-0.25, -0.2) is 4.79 Å². The van der Waals surface area contributed by atoms with Crippen molar-refractivity contribution in [2.24, 2.45) is 0 Å². The smallest absolute Gasteiger partial charge is 0.407 e. The van der Waals surface area contributed by atoms with Crippen molar-refractivity contribution in [1.82, 2.24) is 13.9 Å². The van der Waals surface area contributed by atoms with Gasteiger partial charge in [0.25, 0.3) is 10.2 Å². The molecule has 0 aromatic heterocycles. The van der Waals surface area contributed by atoms with Crippen molar-refractivity contribution in [3.8, 4) is 0 Å². The first kappa shape index (κ1) is 16.7. The first-order valence-electron chi connectivity index (χ1n) is 7.04. The molecule has 1 aliphatic heterocycles. The third-order valence-corrected chi connectivity index (χ3v) is 5.38. The standard InChI is InChI=1S/C14H21N3O4S/c1-16(2)22(19,20)17-9-8-13(10-17)15-14(18)21-11-12-6-4-3-5-7-12/h3-7,13H,8-11H2,1-2H3,(H,15,18). The second-order valence-corrected chi connectivity index (χ2v) is 7.48. The number of benzene rings is 1. The highest BCUT2D eigenvalue weighted by molar-refractivity contribution is 7.86. The molecule has 1 saturated heterocycles. The molecule has 1 heterocycles. The summed E-state index contributed by atoms with van der Waals surface area (Å²) in [6.45, 7) is 0.851. The van der Waals surface area contributed by atoms with Crippen LogP contribution in [-0.4, -0.2) is 56.3 Å². The van der Waals surface area contributed by atoms with Crippen LogP contribution in [0.25, 0.3) is 0 Å². The van der Waals surface area contributed by atoms with Crippen LogP contribution in [-0.2, 0) is 21.6 Å². The van der Waals surface area contributed by atoms with E-state index in [2.05, 4.69) is 5.32 Å². The van der Waals surface area contributed by atoms with Crippen molar-refractivity contribution in [2.75, 3.05) is 27.2 Å². The van der Waals surface area contributed by atoms with Gasteiger partial charge < -0.3 is 10.1 Å². The van der Waals surface area contributed by atoms with E-state index in [4.69, 9.17) is 4.74 Å². The zero-order valence-corrected chi connectivity index (χ0v) is 13.5. The molecule has 22 heavy (non-hydrogen) atoms. The molecule has 0 aliphatic carbocycles. The summed E-state index contributed by atoms with van der Waals surface area (Å²) in [4.78, 5) is 11.8. The fourth-order valence-electron chi connectivity index (χ4n) is 2.22. The summed E-state index contributed by atoms with van der Waals surface area (Å²) in [7, 11) is -0.445. The van der Waals surface area contributed by atoms with E-state index in [0.717, 1.165) is 5.56 Å². The summed E-state index contributed by atoms with van der Waals surface area (Å²) in [5, 5.41) is 2.70. The fraction of sp³-hybridized carbons (Fsp3) is 0.500. The molecule has 0 saturated carbocycles. The molecule has 1 aromatic carbocycles. The molecule has 1 aliphatic rings. The van der Waals surface area contributed by atoms with E-state index in [1.54, 1.807) is 0 Å². The molecule has 0 bridgehead atoms. The molecule has 8 heteroatoms. The molecular weight excluding hydrogens is 306 g/mol. The van der Waals surface area contributed by atoms with Crippen molar-refractivity contribution in [1.29, 1.82) is 0 Å². The molecule has 2 rings (SSSR count). The summed E-state index contributed by atoms with van der Waals surface area (Å²) >= 11 is 0. The normalized spacial score (nSPS) is 19.3. The highest BCUT2D eigenvalue weighted by atomic mass is 32.2. The van der Waals surface area contributed by atoms with Gasteiger partial charge >= 0.3 is 6.09 Å². The summed E-state index contributed by atoms with van der Waals surface area (Å²) in [6, 6.07) is 9.15. The largest absolute Gasteiger partial charge is 0.445 e. The number of ether oxygens (including phenoxy) is 1. The number of nitrogens with one attached hydrogen (secondary N) is 1. The lowest BCUT2D eigenvalue weighted by Crippen LogP contribution is -2.42. The average molecular weight is 327 g/mol. The zero-order valence-electron chi connectivity index (χ0n) is 12.7. The molecule has 1 amide bonds. The van der Waals surface area contributed by atoms with E-state index in [9.17, 15) is 13.2 Å². The number of alkyl carbamates (subject to hydrolysis) is 1. The molecule has 1 unspecified atom stereocenters. The fourth-order valence-corrected chi connectivity index (χ4v) is 3.38. The van der Waals surface area contributed by atoms with Gasteiger partial charge in [-0.3, -0.25) is 0 Å². The number of hydrogen-bond donors (Lipinski definition) is 1. The molecule has 1 aromatic rings. The Morgan fingerprint density at radius 1 is 1.36 bits per heavy atom. The lowest BCUT2D eigenvalue weighted by Gasteiger charge is -2.20. The van der Waals surface area contributed by atoms with Crippen molar-refractivity contribution < 1.29 is 17.9 Å². The predicted octanol–water partition coefficient (Wildman–Crippen LogP) is 0.794. The van der Waals surface area contributed by atoms with E-state index < -0.39 is 16.3 Å². The predicted molar refractivity (Wildman–Crippen MR) is 82.3 cm³/mol. The molecule has 1 N–H and O–H groups in total. The Balaban J connectivity index is 1.79. The SMILES string of the molecule is CN(C)S(=O)(=O)N1CCC(NC(=O)OCc2ccccc2)C1. The van der Waals surface area contributed by atoms with Crippen LogP contribution < -0.4 is 5.32 Å². The summed E-state index contributed by atoms with van der Waals surface area (Å²) in [5.74, 6) is 0. The Labute approximate surface area is 131 Å². The quantitative estimate of drug-likeness (QED) is 0.867. The van der Waals surface area contributed by atoms with Crippen LogP contribution in [0.3, 0.4) is 0 Å².